The second kappa shape index (κ2) is 8.81. The number of hydrogen-bond acceptors (Lipinski definition) is 3. The van der Waals surface area contributed by atoms with E-state index in [-0.39, 0.29) is 11.9 Å². The number of benzene rings is 2. The third-order valence-corrected chi connectivity index (χ3v) is 6.64. The lowest BCUT2D eigenvalue weighted by Gasteiger charge is -2.32. The molecule has 7 heteroatoms. The number of likely N-dealkylation sites (tertiary alicyclic amines) is 1. The summed E-state index contributed by atoms with van der Waals surface area (Å²) in [5.41, 5.74) is 3.10. The number of piperidine rings is 1. The van der Waals surface area contributed by atoms with Crippen molar-refractivity contribution in [1.82, 2.24) is 19.2 Å². The van der Waals surface area contributed by atoms with Gasteiger partial charge in [-0.1, -0.05) is 41.9 Å². The summed E-state index contributed by atoms with van der Waals surface area (Å²) in [5.74, 6) is 0.494. The largest absolute Gasteiger partial charge is 0.350 e. The molecule has 0 aliphatic carbocycles. The lowest BCUT2D eigenvalue weighted by atomic mass is 10.0. The van der Waals surface area contributed by atoms with Crippen molar-refractivity contribution in [2.45, 2.75) is 25.4 Å². The molecule has 1 fully saturated rings. The maximum absolute atomic E-state index is 12.7. The van der Waals surface area contributed by atoms with Gasteiger partial charge in [0.1, 0.15) is 5.82 Å². The zero-order valence-electron chi connectivity index (χ0n) is 18.0. The molecule has 0 radical (unpaired) electrons. The van der Waals surface area contributed by atoms with Gasteiger partial charge in [0.05, 0.1) is 22.8 Å². The van der Waals surface area contributed by atoms with Crippen molar-refractivity contribution in [3.8, 4) is 0 Å². The van der Waals surface area contributed by atoms with Gasteiger partial charge >= 0.3 is 0 Å². The topological polar surface area (TPSA) is 55.1 Å². The standard InChI is InChI=1S/C25H26ClN5O/c1-29-16-18(20-6-3-5-9-23(20)29)17-30-14-11-19(12-15-30)31-24(10-13-27-31)28-25(32)21-7-2-4-8-22(21)26/h2-10,13,16,19H,11-12,14-15,17H2,1H3,(H,28,32). The molecule has 1 N–H and O–H groups in total. The third kappa shape index (κ3) is 4.04. The van der Waals surface area contributed by atoms with Crippen molar-refractivity contribution in [2.75, 3.05) is 18.4 Å². The van der Waals surface area contributed by atoms with Gasteiger partial charge in [0.25, 0.3) is 5.91 Å². The third-order valence-electron chi connectivity index (χ3n) is 6.31. The number of aromatic nitrogens is 3. The molecule has 1 amide bonds. The summed E-state index contributed by atoms with van der Waals surface area (Å²) < 4.78 is 4.15. The Hall–Kier alpha value is -3.09. The molecule has 0 bridgehead atoms. The Morgan fingerprint density at radius 3 is 2.66 bits per heavy atom. The van der Waals surface area contributed by atoms with Crippen molar-refractivity contribution in [2.24, 2.45) is 7.05 Å². The minimum absolute atomic E-state index is 0.217. The molecule has 2 aromatic heterocycles. The van der Waals surface area contributed by atoms with E-state index >= 15 is 0 Å². The van der Waals surface area contributed by atoms with Gasteiger partial charge in [-0.05, 0) is 36.6 Å². The average molecular weight is 448 g/mol. The summed E-state index contributed by atoms with van der Waals surface area (Å²) in [4.78, 5) is 15.2. The first-order chi connectivity index (χ1) is 15.6. The van der Waals surface area contributed by atoms with Crippen LogP contribution in [0.4, 0.5) is 5.82 Å². The molecule has 6 nitrogen and oxygen atoms in total. The molecule has 1 aliphatic rings. The SMILES string of the molecule is Cn1cc(CN2CCC(n3nccc3NC(=O)c3ccccc3Cl)CC2)c2ccccc21. The van der Waals surface area contributed by atoms with Gasteiger partial charge in [0.2, 0.25) is 0 Å². The molecule has 4 aromatic rings. The number of nitrogens with one attached hydrogen (secondary N) is 1. The molecular formula is C25H26ClN5O. The fourth-order valence-corrected chi connectivity index (χ4v) is 4.87. The van der Waals surface area contributed by atoms with E-state index in [0.717, 1.165) is 32.5 Å². The minimum atomic E-state index is -0.217. The molecular weight excluding hydrogens is 422 g/mol. The average Bonchev–Trinajstić information content (AvgIpc) is 3.39. The van der Waals surface area contributed by atoms with Gasteiger partial charge in [-0.25, -0.2) is 4.68 Å². The van der Waals surface area contributed by atoms with E-state index in [1.165, 1.54) is 16.5 Å². The monoisotopic (exact) mass is 447 g/mol. The van der Waals surface area contributed by atoms with E-state index in [4.69, 9.17) is 11.6 Å². The van der Waals surface area contributed by atoms with Crippen molar-refractivity contribution >= 4 is 34.2 Å². The number of carbonyl (C=O) groups is 1. The van der Waals surface area contributed by atoms with Crippen LogP contribution in [0.25, 0.3) is 10.9 Å². The Kier molecular flexibility index (Phi) is 5.72. The number of fused-ring (bicyclic) bond motifs is 1. The highest BCUT2D eigenvalue weighted by atomic mass is 35.5. The first-order valence-corrected chi connectivity index (χ1v) is 11.3. The molecule has 164 valence electrons. The first-order valence-electron chi connectivity index (χ1n) is 10.9. The number of anilines is 1. The predicted octanol–water partition coefficient (Wildman–Crippen LogP) is 5.12. The Morgan fingerprint density at radius 2 is 1.84 bits per heavy atom. The molecule has 3 heterocycles. The number of para-hydroxylation sites is 1. The smallest absolute Gasteiger partial charge is 0.258 e. The summed E-state index contributed by atoms with van der Waals surface area (Å²) in [5, 5.41) is 9.26. The summed E-state index contributed by atoms with van der Waals surface area (Å²) in [6, 6.07) is 17.7. The number of rotatable bonds is 5. The minimum Gasteiger partial charge on any atom is -0.350 e. The van der Waals surface area contributed by atoms with Crippen molar-refractivity contribution < 1.29 is 4.79 Å². The zero-order valence-corrected chi connectivity index (χ0v) is 18.8. The van der Waals surface area contributed by atoms with Crippen LogP contribution >= 0.6 is 11.6 Å². The molecule has 0 atom stereocenters. The lowest BCUT2D eigenvalue weighted by molar-refractivity contribution is 0.102. The molecule has 1 aliphatic heterocycles. The summed E-state index contributed by atoms with van der Waals surface area (Å²) in [6.07, 6.45) is 5.96. The fraction of sp³-hybridized carbons (Fsp3) is 0.280. The van der Waals surface area contributed by atoms with Crippen LogP contribution < -0.4 is 5.32 Å². The Balaban J connectivity index is 1.24. The lowest BCUT2D eigenvalue weighted by Crippen LogP contribution is -2.35. The number of nitrogens with zero attached hydrogens (tertiary/aromatic N) is 4. The van der Waals surface area contributed by atoms with E-state index in [1.54, 1.807) is 18.3 Å². The molecule has 32 heavy (non-hydrogen) atoms. The van der Waals surface area contributed by atoms with Gasteiger partial charge in [-0.3, -0.25) is 9.69 Å². The number of halogens is 1. The van der Waals surface area contributed by atoms with Crippen LogP contribution in [0.3, 0.4) is 0 Å². The van der Waals surface area contributed by atoms with E-state index in [0.29, 0.717) is 16.4 Å². The summed E-state index contributed by atoms with van der Waals surface area (Å²) in [6.45, 7) is 2.93. The van der Waals surface area contributed by atoms with Crippen molar-refractivity contribution in [3.05, 3.63) is 83.1 Å². The van der Waals surface area contributed by atoms with Gasteiger partial charge < -0.3 is 9.88 Å². The van der Waals surface area contributed by atoms with Crippen LogP contribution in [0.15, 0.2) is 67.0 Å². The van der Waals surface area contributed by atoms with Gasteiger partial charge in [-0.2, -0.15) is 5.10 Å². The number of hydrogen-bond donors (Lipinski definition) is 1. The molecule has 0 spiro atoms. The maximum atomic E-state index is 12.7. The molecule has 2 aromatic carbocycles. The Bertz CT molecular complexity index is 1250. The number of carbonyl (C=O) groups excluding carboxylic acids is 1. The summed E-state index contributed by atoms with van der Waals surface area (Å²) in [7, 11) is 2.11. The number of aryl methyl sites for hydroxylation is 1. The molecule has 5 rings (SSSR count). The highest BCUT2D eigenvalue weighted by Gasteiger charge is 2.24. The normalized spacial score (nSPS) is 15.3. The quantitative estimate of drug-likeness (QED) is 0.462. The Labute approximate surface area is 192 Å². The van der Waals surface area contributed by atoms with E-state index < -0.39 is 0 Å². The van der Waals surface area contributed by atoms with E-state index in [9.17, 15) is 4.79 Å². The van der Waals surface area contributed by atoms with Gasteiger partial charge in [0, 0.05) is 49.8 Å². The fourth-order valence-electron chi connectivity index (χ4n) is 4.65. The maximum Gasteiger partial charge on any atom is 0.258 e. The van der Waals surface area contributed by atoms with Crippen molar-refractivity contribution in [3.63, 3.8) is 0 Å². The highest BCUT2D eigenvalue weighted by molar-refractivity contribution is 6.34. The molecule has 0 unspecified atom stereocenters. The van der Waals surface area contributed by atoms with E-state index in [2.05, 4.69) is 57.4 Å². The number of amides is 1. The highest BCUT2D eigenvalue weighted by Crippen LogP contribution is 2.28. The molecule has 0 saturated carbocycles. The van der Waals surface area contributed by atoms with Gasteiger partial charge in [-0.15, -0.1) is 0 Å². The second-order valence-electron chi connectivity index (χ2n) is 8.38. The second-order valence-corrected chi connectivity index (χ2v) is 8.79. The van der Waals surface area contributed by atoms with Crippen LogP contribution in [0.5, 0.6) is 0 Å². The van der Waals surface area contributed by atoms with Crippen LogP contribution in [0.2, 0.25) is 5.02 Å². The van der Waals surface area contributed by atoms with Gasteiger partial charge in [0.15, 0.2) is 0 Å². The zero-order chi connectivity index (χ0) is 22.1. The van der Waals surface area contributed by atoms with Crippen molar-refractivity contribution in [1.29, 1.82) is 0 Å². The summed E-state index contributed by atoms with van der Waals surface area (Å²) >= 11 is 6.18. The van der Waals surface area contributed by atoms with Crippen LogP contribution in [-0.4, -0.2) is 38.2 Å². The predicted molar refractivity (Wildman–Crippen MR) is 128 cm³/mol. The van der Waals surface area contributed by atoms with Crippen LogP contribution in [0, 0.1) is 0 Å². The first kappa shape index (κ1) is 20.8. The van der Waals surface area contributed by atoms with E-state index in [1.807, 2.05) is 22.9 Å². The van der Waals surface area contributed by atoms with Crippen LogP contribution in [-0.2, 0) is 13.6 Å². The van der Waals surface area contributed by atoms with Crippen LogP contribution in [0.1, 0.15) is 34.8 Å². The molecule has 1 saturated heterocycles. The Morgan fingerprint density at radius 1 is 1.09 bits per heavy atom.